The largest absolute Gasteiger partial charge is 0.508 e. The normalized spacial score (nSPS) is 14.7. The zero-order chi connectivity index (χ0) is 39.7. The average Bonchev–Trinajstić information content (AvgIpc) is 3.92. The highest BCUT2D eigenvalue weighted by Gasteiger charge is 2.27. The molecule has 2 aliphatic heterocycles. The lowest BCUT2D eigenvalue weighted by Gasteiger charge is -2.32. The number of aromatic amines is 1. The third-order valence-corrected chi connectivity index (χ3v) is 11.7. The van der Waals surface area contributed by atoms with Crippen LogP contribution >= 0.6 is 0 Å². The molecule has 0 saturated carbocycles. The summed E-state index contributed by atoms with van der Waals surface area (Å²) in [7, 11) is 0. The van der Waals surface area contributed by atoms with E-state index in [1.807, 2.05) is 68.6 Å². The lowest BCUT2D eigenvalue weighted by Crippen LogP contribution is -2.39. The third kappa shape index (κ3) is 6.10. The first-order valence-electron chi connectivity index (χ1n) is 19.6. The Labute approximate surface area is 332 Å². The smallest absolute Gasteiger partial charge is 0.415 e. The molecule has 8 aromatic rings. The van der Waals surface area contributed by atoms with E-state index >= 15 is 0 Å². The summed E-state index contributed by atoms with van der Waals surface area (Å²) >= 11 is 0. The van der Waals surface area contributed by atoms with Gasteiger partial charge in [-0.1, -0.05) is 32.0 Å². The van der Waals surface area contributed by atoms with E-state index in [9.17, 15) is 19.8 Å². The number of phenolic OH excluding ortho intramolecular Hbond substituents is 2. The highest BCUT2D eigenvalue weighted by atomic mass is 16.6. The van der Waals surface area contributed by atoms with Crippen LogP contribution in [0.3, 0.4) is 0 Å². The van der Waals surface area contributed by atoms with Crippen LogP contribution in [0.15, 0.2) is 102 Å². The Morgan fingerprint density at radius 1 is 0.931 bits per heavy atom. The molecule has 0 aliphatic carbocycles. The summed E-state index contributed by atoms with van der Waals surface area (Å²) in [6.45, 7) is 6.30. The second kappa shape index (κ2) is 13.9. The summed E-state index contributed by atoms with van der Waals surface area (Å²) in [5.74, 6) is 0.924. The van der Waals surface area contributed by atoms with Gasteiger partial charge in [-0.2, -0.15) is 5.10 Å². The SMILES string of the molecule is CC(C)c1cc(-c2n[nH]c(=O)n2-c2ccc3c(ccn3CCC3CCN(C(=O)OC4=COCc5cn6cc7cc8ccccc8nc7c6cc54)CC3)c2)c(O)cc1O. The number of phenols is 2. The summed E-state index contributed by atoms with van der Waals surface area (Å²) in [6, 6.07) is 23.1. The molecule has 0 radical (unpaired) electrons. The minimum absolute atomic E-state index is 0.00304. The predicted molar refractivity (Wildman–Crippen MR) is 221 cm³/mol. The molecule has 1 saturated heterocycles. The van der Waals surface area contributed by atoms with Crippen LogP contribution in [0.2, 0.25) is 0 Å². The van der Waals surface area contributed by atoms with Crippen LogP contribution in [0, 0.1) is 5.92 Å². The van der Waals surface area contributed by atoms with Crippen LogP contribution in [0.5, 0.6) is 11.5 Å². The van der Waals surface area contributed by atoms with Crippen molar-refractivity contribution >= 4 is 50.1 Å². The minimum atomic E-state index is -0.435. The lowest BCUT2D eigenvalue weighted by atomic mass is 9.94. The van der Waals surface area contributed by atoms with Crippen LogP contribution in [0.25, 0.3) is 61.1 Å². The average molecular weight is 776 g/mol. The Balaban J connectivity index is 0.793. The van der Waals surface area contributed by atoms with Crippen molar-refractivity contribution in [3.63, 3.8) is 0 Å². The van der Waals surface area contributed by atoms with E-state index in [1.54, 1.807) is 11.0 Å². The number of nitrogens with one attached hydrogen (secondary N) is 1. The van der Waals surface area contributed by atoms with Crippen LogP contribution in [0.4, 0.5) is 4.79 Å². The highest BCUT2D eigenvalue weighted by Crippen LogP contribution is 2.38. The van der Waals surface area contributed by atoms with Gasteiger partial charge in [0, 0.05) is 77.1 Å². The van der Waals surface area contributed by atoms with Crippen LogP contribution < -0.4 is 5.69 Å². The number of likely N-dealkylation sites (tertiary alicyclic amines) is 1. The van der Waals surface area contributed by atoms with Gasteiger partial charge in [0.15, 0.2) is 11.6 Å². The molecule has 5 aromatic heterocycles. The molecular weight excluding hydrogens is 735 g/mol. The van der Waals surface area contributed by atoms with Crippen LogP contribution in [0.1, 0.15) is 55.7 Å². The molecule has 7 heterocycles. The van der Waals surface area contributed by atoms with E-state index in [1.165, 1.54) is 16.9 Å². The van der Waals surface area contributed by atoms with Crippen LogP contribution in [-0.2, 0) is 22.6 Å². The molecule has 0 spiro atoms. The molecule has 292 valence electrons. The minimum Gasteiger partial charge on any atom is -0.508 e. The molecule has 0 bridgehead atoms. The standard InChI is InChI=1S/C45H41N7O6/c1-26(2)33-19-35(40(54)21-39(33)53)43-47-48-44(55)52(43)32-7-8-37-29(18-32)12-16-49(37)13-9-27-10-14-50(15-11-27)45(56)58-41-25-57-24-31-23-51-22-30-17-28-5-3-4-6-36(28)46-42(30)38(51)20-34(31)41/h3-8,12,16-23,25-27,53-54H,9-11,13-15,24H2,1-2H3,(H,48,55). The number of hydrogen-bond donors (Lipinski definition) is 3. The number of aromatic nitrogens is 6. The molecule has 0 atom stereocenters. The van der Waals surface area contributed by atoms with Gasteiger partial charge in [-0.05, 0) is 85.2 Å². The second-order valence-electron chi connectivity index (χ2n) is 15.7. The maximum absolute atomic E-state index is 13.5. The summed E-state index contributed by atoms with van der Waals surface area (Å²) in [6.07, 6.45) is 10.0. The predicted octanol–water partition coefficient (Wildman–Crippen LogP) is 8.44. The second-order valence-corrected chi connectivity index (χ2v) is 15.7. The summed E-state index contributed by atoms with van der Waals surface area (Å²) in [5.41, 5.74) is 6.73. The maximum atomic E-state index is 13.5. The molecule has 13 heteroatoms. The quantitative estimate of drug-likeness (QED) is 0.146. The Hall–Kier alpha value is -7.02. The van der Waals surface area contributed by atoms with E-state index in [2.05, 4.69) is 43.7 Å². The maximum Gasteiger partial charge on any atom is 0.415 e. The zero-order valence-corrected chi connectivity index (χ0v) is 32.1. The van der Waals surface area contributed by atoms with Gasteiger partial charge in [0.1, 0.15) is 24.4 Å². The number of rotatable bonds is 7. The molecule has 3 N–H and O–H groups in total. The van der Waals surface area contributed by atoms with E-state index in [-0.39, 0.29) is 29.3 Å². The number of ether oxygens (including phenoxy) is 2. The molecule has 1 fully saturated rings. The topological polar surface area (TPSA) is 152 Å². The molecular formula is C45H41N7O6. The van der Waals surface area contributed by atoms with Gasteiger partial charge >= 0.3 is 11.8 Å². The monoisotopic (exact) mass is 775 g/mol. The van der Waals surface area contributed by atoms with Gasteiger partial charge in [0.05, 0.1) is 27.8 Å². The first-order chi connectivity index (χ1) is 28.2. The molecule has 1 amide bonds. The van der Waals surface area contributed by atoms with Gasteiger partial charge in [-0.15, -0.1) is 0 Å². The van der Waals surface area contributed by atoms with Crippen molar-refractivity contribution in [1.29, 1.82) is 0 Å². The van der Waals surface area contributed by atoms with Crippen molar-refractivity contribution < 1.29 is 24.5 Å². The molecule has 10 rings (SSSR count). The van der Waals surface area contributed by atoms with E-state index < -0.39 is 5.69 Å². The van der Waals surface area contributed by atoms with Gasteiger partial charge in [-0.3, -0.25) is 0 Å². The molecule has 3 aromatic carbocycles. The summed E-state index contributed by atoms with van der Waals surface area (Å²) < 4.78 is 17.5. The number of amides is 1. The number of nitrogens with zero attached hydrogens (tertiary/aromatic N) is 6. The van der Waals surface area contributed by atoms with E-state index in [4.69, 9.17) is 14.5 Å². The van der Waals surface area contributed by atoms with Crippen molar-refractivity contribution in [2.75, 3.05) is 13.1 Å². The molecule has 2 aliphatic rings. The Morgan fingerprint density at radius 2 is 1.78 bits per heavy atom. The molecule has 0 unspecified atom stereocenters. The van der Waals surface area contributed by atoms with Gasteiger partial charge in [0.2, 0.25) is 0 Å². The van der Waals surface area contributed by atoms with Gasteiger partial charge in [0.25, 0.3) is 0 Å². The third-order valence-electron chi connectivity index (χ3n) is 11.7. The van der Waals surface area contributed by atoms with Crippen molar-refractivity contribution in [3.05, 3.63) is 125 Å². The van der Waals surface area contributed by atoms with Gasteiger partial charge < -0.3 is 33.6 Å². The van der Waals surface area contributed by atoms with E-state index in [0.717, 1.165) is 75.2 Å². The number of piperidine rings is 1. The molecule has 58 heavy (non-hydrogen) atoms. The number of hydrogen-bond acceptors (Lipinski definition) is 8. The number of H-pyrrole nitrogens is 1. The zero-order valence-electron chi connectivity index (χ0n) is 32.1. The van der Waals surface area contributed by atoms with E-state index in [0.29, 0.717) is 48.2 Å². The van der Waals surface area contributed by atoms with Crippen molar-refractivity contribution in [2.24, 2.45) is 5.92 Å². The number of pyridine rings is 2. The first-order valence-corrected chi connectivity index (χ1v) is 19.6. The first kappa shape index (κ1) is 35.4. The van der Waals surface area contributed by atoms with Gasteiger partial charge in [-0.25, -0.2) is 24.2 Å². The fourth-order valence-corrected chi connectivity index (χ4v) is 8.55. The van der Waals surface area contributed by atoms with Crippen molar-refractivity contribution in [1.82, 2.24) is 33.6 Å². The lowest BCUT2D eigenvalue weighted by molar-refractivity contribution is 0.117. The molecule has 13 nitrogen and oxygen atoms in total. The number of aryl methyl sites for hydroxylation is 1. The fourth-order valence-electron chi connectivity index (χ4n) is 8.55. The van der Waals surface area contributed by atoms with Crippen molar-refractivity contribution in [3.8, 4) is 28.6 Å². The fraction of sp³-hybridized carbons (Fsp3) is 0.244. The number of fused-ring (bicyclic) bond motifs is 6. The number of carbonyl (C=O) groups excluding carboxylic acids is 1. The Morgan fingerprint density at radius 3 is 2.62 bits per heavy atom. The Kier molecular flexibility index (Phi) is 8.46. The Bertz CT molecular complexity index is 3020. The highest BCUT2D eigenvalue weighted by molar-refractivity contribution is 6.01. The van der Waals surface area contributed by atoms with Crippen molar-refractivity contribution in [2.45, 2.75) is 52.2 Å². The number of carbonyl (C=O) groups is 1. The summed E-state index contributed by atoms with van der Waals surface area (Å²) in [4.78, 5) is 33.2. The number of aromatic hydroxyl groups is 2. The number of benzene rings is 3. The number of para-hydroxylation sites is 1. The van der Waals surface area contributed by atoms with Crippen LogP contribution in [-0.4, -0.2) is 63.0 Å². The summed E-state index contributed by atoms with van der Waals surface area (Å²) in [5, 5.41) is 30.9.